The summed E-state index contributed by atoms with van der Waals surface area (Å²) in [7, 11) is 0. The van der Waals surface area contributed by atoms with Gasteiger partial charge in [0.1, 0.15) is 16.9 Å². The number of hydrogen-bond donors (Lipinski definition) is 1. The van der Waals surface area contributed by atoms with Crippen molar-refractivity contribution < 1.29 is 4.39 Å². The van der Waals surface area contributed by atoms with Crippen LogP contribution in [0, 0.1) is 17.1 Å². The van der Waals surface area contributed by atoms with Gasteiger partial charge in [0.2, 0.25) is 0 Å². The Hall–Kier alpha value is -3.23. The number of nitriles is 1. The summed E-state index contributed by atoms with van der Waals surface area (Å²) in [6.45, 7) is 0. The van der Waals surface area contributed by atoms with Crippen molar-refractivity contribution in [2.45, 2.75) is 0 Å². The van der Waals surface area contributed by atoms with Gasteiger partial charge >= 0.3 is 0 Å². The van der Waals surface area contributed by atoms with Crippen LogP contribution in [0.15, 0.2) is 60.1 Å². The Morgan fingerprint density at radius 1 is 1.16 bits per heavy atom. The third kappa shape index (κ3) is 2.95. The van der Waals surface area contributed by atoms with Crippen molar-refractivity contribution in [2.24, 2.45) is 0 Å². The molecule has 0 unspecified atom stereocenters. The molecule has 0 atom stereocenters. The minimum absolute atomic E-state index is 0.281. The molecule has 25 heavy (non-hydrogen) atoms. The molecule has 0 saturated heterocycles. The van der Waals surface area contributed by atoms with E-state index in [0.29, 0.717) is 10.6 Å². The van der Waals surface area contributed by atoms with E-state index in [1.54, 1.807) is 12.1 Å². The first-order valence-corrected chi connectivity index (χ1v) is 8.52. The van der Waals surface area contributed by atoms with Crippen LogP contribution in [-0.4, -0.2) is 9.97 Å². The minimum atomic E-state index is -0.281. The standard InChI is InChI=1S/C20H12FN3S/c21-16-7-5-13(6-8-16)19-12-25-20(24-19)14(10-22)9-15-11-23-18-4-2-1-3-17(15)18/h1-9,11-12,23H/b14-9+. The predicted molar refractivity (Wildman–Crippen MR) is 99.3 cm³/mol. The highest BCUT2D eigenvalue weighted by molar-refractivity contribution is 7.11. The Balaban J connectivity index is 1.72. The van der Waals surface area contributed by atoms with Crippen LogP contribution < -0.4 is 0 Å². The molecule has 0 saturated carbocycles. The maximum absolute atomic E-state index is 13.1. The van der Waals surface area contributed by atoms with Gasteiger partial charge in [-0.2, -0.15) is 5.26 Å². The largest absolute Gasteiger partial charge is 0.361 e. The van der Waals surface area contributed by atoms with E-state index in [0.717, 1.165) is 27.7 Å². The van der Waals surface area contributed by atoms with Crippen LogP contribution in [0.2, 0.25) is 0 Å². The van der Waals surface area contributed by atoms with Crippen molar-refractivity contribution >= 4 is 33.9 Å². The van der Waals surface area contributed by atoms with E-state index in [1.807, 2.05) is 41.9 Å². The van der Waals surface area contributed by atoms with Gasteiger partial charge in [-0.05, 0) is 36.4 Å². The molecular weight excluding hydrogens is 333 g/mol. The lowest BCUT2D eigenvalue weighted by Gasteiger charge is -1.96. The first-order valence-electron chi connectivity index (χ1n) is 7.64. The number of benzene rings is 2. The highest BCUT2D eigenvalue weighted by atomic mass is 32.1. The first-order chi connectivity index (χ1) is 12.2. The molecule has 0 fully saturated rings. The lowest BCUT2D eigenvalue weighted by Crippen LogP contribution is -1.83. The number of hydrogen-bond acceptors (Lipinski definition) is 3. The van der Waals surface area contributed by atoms with Gasteiger partial charge in [0.15, 0.2) is 0 Å². The van der Waals surface area contributed by atoms with Crippen LogP contribution in [0.25, 0.3) is 33.8 Å². The van der Waals surface area contributed by atoms with Crippen LogP contribution >= 0.6 is 11.3 Å². The maximum atomic E-state index is 13.1. The van der Waals surface area contributed by atoms with Crippen molar-refractivity contribution in [2.75, 3.05) is 0 Å². The number of aromatic amines is 1. The smallest absolute Gasteiger partial charge is 0.134 e. The number of aromatic nitrogens is 2. The SMILES string of the molecule is N#C/C(=C\c1c[nH]c2ccccc12)c1nc(-c2ccc(F)cc2)cs1. The van der Waals surface area contributed by atoms with Gasteiger partial charge < -0.3 is 4.98 Å². The fraction of sp³-hybridized carbons (Fsp3) is 0. The zero-order valence-corrected chi connectivity index (χ0v) is 13.8. The lowest BCUT2D eigenvalue weighted by molar-refractivity contribution is 0.628. The lowest BCUT2D eigenvalue weighted by atomic mass is 10.1. The van der Waals surface area contributed by atoms with E-state index < -0.39 is 0 Å². The molecule has 120 valence electrons. The number of para-hydroxylation sites is 1. The number of nitrogens with zero attached hydrogens (tertiary/aromatic N) is 2. The van der Waals surface area contributed by atoms with Crippen molar-refractivity contribution in [3.8, 4) is 17.3 Å². The normalized spacial score (nSPS) is 11.6. The summed E-state index contributed by atoms with van der Waals surface area (Å²) in [5, 5.41) is 13.1. The molecule has 1 N–H and O–H groups in total. The minimum Gasteiger partial charge on any atom is -0.361 e. The average molecular weight is 345 g/mol. The molecule has 4 aromatic rings. The summed E-state index contributed by atoms with van der Waals surface area (Å²) < 4.78 is 13.1. The number of rotatable bonds is 3. The quantitative estimate of drug-likeness (QED) is 0.499. The van der Waals surface area contributed by atoms with Gasteiger partial charge in [0.05, 0.1) is 11.3 Å². The van der Waals surface area contributed by atoms with Crippen molar-refractivity contribution in [3.63, 3.8) is 0 Å². The molecule has 0 bridgehead atoms. The van der Waals surface area contributed by atoms with Crippen molar-refractivity contribution in [1.29, 1.82) is 5.26 Å². The topological polar surface area (TPSA) is 52.5 Å². The van der Waals surface area contributed by atoms with Crippen LogP contribution in [0.3, 0.4) is 0 Å². The number of halogens is 1. The van der Waals surface area contributed by atoms with E-state index in [9.17, 15) is 9.65 Å². The number of H-pyrrole nitrogens is 1. The molecular formula is C20H12FN3S. The van der Waals surface area contributed by atoms with E-state index in [-0.39, 0.29) is 5.82 Å². The maximum Gasteiger partial charge on any atom is 0.134 e. The Morgan fingerprint density at radius 2 is 1.96 bits per heavy atom. The molecule has 0 spiro atoms. The summed E-state index contributed by atoms with van der Waals surface area (Å²) in [5.74, 6) is -0.281. The third-order valence-corrected chi connectivity index (χ3v) is 4.79. The highest BCUT2D eigenvalue weighted by Gasteiger charge is 2.10. The van der Waals surface area contributed by atoms with E-state index in [4.69, 9.17) is 0 Å². The molecule has 0 aliphatic carbocycles. The molecule has 2 aromatic carbocycles. The monoisotopic (exact) mass is 345 g/mol. The fourth-order valence-corrected chi connectivity index (χ4v) is 3.46. The van der Waals surface area contributed by atoms with Gasteiger partial charge in [0, 0.05) is 33.6 Å². The number of fused-ring (bicyclic) bond motifs is 1. The van der Waals surface area contributed by atoms with Gasteiger partial charge in [-0.1, -0.05) is 18.2 Å². The highest BCUT2D eigenvalue weighted by Crippen LogP contribution is 2.29. The summed E-state index contributed by atoms with van der Waals surface area (Å²) in [4.78, 5) is 7.74. The van der Waals surface area contributed by atoms with Gasteiger partial charge in [0.25, 0.3) is 0 Å². The summed E-state index contributed by atoms with van der Waals surface area (Å²) in [5.41, 5.74) is 4.04. The van der Waals surface area contributed by atoms with E-state index in [1.165, 1.54) is 23.5 Å². The number of allylic oxidation sites excluding steroid dienone is 1. The zero-order valence-electron chi connectivity index (χ0n) is 13.0. The van der Waals surface area contributed by atoms with Crippen LogP contribution in [-0.2, 0) is 0 Å². The molecule has 3 nitrogen and oxygen atoms in total. The van der Waals surface area contributed by atoms with E-state index >= 15 is 0 Å². The number of thiazole rings is 1. The predicted octanol–water partition coefficient (Wildman–Crippen LogP) is 5.49. The summed E-state index contributed by atoms with van der Waals surface area (Å²) in [6, 6.07) is 16.3. The molecule has 4 rings (SSSR count). The van der Waals surface area contributed by atoms with Crippen molar-refractivity contribution in [3.05, 3.63) is 76.5 Å². The van der Waals surface area contributed by atoms with Gasteiger partial charge in [-0.25, -0.2) is 9.37 Å². The molecule has 2 aromatic heterocycles. The van der Waals surface area contributed by atoms with Gasteiger partial charge in [-0.3, -0.25) is 0 Å². The van der Waals surface area contributed by atoms with E-state index in [2.05, 4.69) is 16.0 Å². The Kier molecular flexibility index (Phi) is 3.88. The first kappa shape index (κ1) is 15.3. The summed E-state index contributed by atoms with van der Waals surface area (Å²) >= 11 is 1.40. The molecule has 0 amide bonds. The van der Waals surface area contributed by atoms with Crippen LogP contribution in [0.5, 0.6) is 0 Å². The van der Waals surface area contributed by atoms with Crippen molar-refractivity contribution in [1.82, 2.24) is 9.97 Å². The Morgan fingerprint density at radius 3 is 2.76 bits per heavy atom. The molecule has 0 aliphatic rings. The average Bonchev–Trinajstić information content (AvgIpc) is 3.28. The molecule has 5 heteroatoms. The molecule has 0 radical (unpaired) electrons. The number of nitrogens with one attached hydrogen (secondary N) is 1. The third-order valence-electron chi connectivity index (χ3n) is 3.92. The van der Waals surface area contributed by atoms with Crippen LogP contribution in [0.4, 0.5) is 4.39 Å². The second kappa shape index (κ2) is 6.34. The Labute approximate surface area is 147 Å². The van der Waals surface area contributed by atoms with Crippen LogP contribution in [0.1, 0.15) is 10.6 Å². The molecule has 2 heterocycles. The fourth-order valence-electron chi connectivity index (χ4n) is 2.66. The summed E-state index contributed by atoms with van der Waals surface area (Å²) in [6.07, 6.45) is 3.72. The second-order valence-corrected chi connectivity index (χ2v) is 6.36. The molecule has 0 aliphatic heterocycles. The van der Waals surface area contributed by atoms with Gasteiger partial charge in [-0.15, -0.1) is 11.3 Å². The Bertz CT molecular complexity index is 1110. The zero-order chi connectivity index (χ0) is 17.2. The second-order valence-electron chi connectivity index (χ2n) is 5.50.